The molecule has 0 saturated carbocycles. The first-order chi connectivity index (χ1) is 8.45. The summed E-state index contributed by atoms with van der Waals surface area (Å²) in [6, 6.07) is 5.22. The van der Waals surface area contributed by atoms with Crippen LogP contribution in [-0.2, 0) is 9.53 Å². The van der Waals surface area contributed by atoms with Crippen molar-refractivity contribution in [1.29, 1.82) is 0 Å². The Morgan fingerprint density at radius 1 is 1.33 bits per heavy atom. The fourth-order valence-electron chi connectivity index (χ4n) is 1.50. The van der Waals surface area contributed by atoms with E-state index in [-0.39, 0.29) is 11.7 Å². The topological polar surface area (TPSA) is 75.6 Å². The second-order valence-corrected chi connectivity index (χ2v) is 4.27. The molecule has 5 heteroatoms. The molecular formula is C13H17NO4. The second kappa shape index (κ2) is 6.05. The van der Waals surface area contributed by atoms with Crippen molar-refractivity contribution in [2.24, 2.45) is 5.92 Å². The van der Waals surface area contributed by atoms with Crippen LogP contribution in [0.3, 0.4) is 0 Å². The maximum absolute atomic E-state index is 11.9. The third-order valence-electron chi connectivity index (χ3n) is 2.52. The van der Waals surface area contributed by atoms with E-state index in [4.69, 9.17) is 0 Å². The lowest BCUT2D eigenvalue weighted by molar-refractivity contribution is -0.144. The largest absolute Gasteiger partial charge is 0.508 e. The molecule has 0 aliphatic heterocycles. The molecule has 1 aromatic rings. The Balaban J connectivity index is 2.82. The molecule has 0 saturated heterocycles. The number of esters is 1. The molecule has 0 radical (unpaired) electrons. The van der Waals surface area contributed by atoms with Gasteiger partial charge in [-0.2, -0.15) is 0 Å². The Morgan fingerprint density at radius 3 is 2.50 bits per heavy atom. The van der Waals surface area contributed by atoms with Crippen LogP contribution in [0.1, 0.15) is 24.2 Å². The fourth-order valence-corrected chi connectivity index (χ4v) is 1.50. The van der Waals surface area contributed by atoms with E-state index in [0.717, 1.165) is 0 Å². The Bertz CT molecular complexity index is 442. The number of benzene rings is 1. The van der Waals surface area contributed by atoms with Crippen molar-refractivity contribution in [3.05, 3.63) is 29.8 Å². The van der Waals surface area contributed by atoms with Gasteiger partial charge < -0.3 is 15.2 Å². The minimum atomic E-state index is -0.704. The van der Waals surface area contributed by atoms with Crippen LogP contribution in [0.4, 0.5) is 0 Å². The second-order valence-electron chi connectivity index (χ2n) is 4.27. The molecule has 0 spiro atoms. The van der Waals surface area contributed by atoms with Crippen molar-refractivity contribution in [2.45, 2.75) is 19.9 Å². The van der Waals surface area contributed by atoms with Crippen LogP contribution < -0.4 is 5.32 Å². The van der Waals surface area contributed by atoms with Crippen molar-refractivity contribution >= 4 is 11.9 Å². The molecule has 0 aromatic heterocycles. The van der Waals surface area contributed by atoms with Gasteiger partial charge in [-0.05, 0) is 24.1 Å². The van der Waals surface area contributed by atoms with Gasteiger partial charge in [0.1, 0.15) is 11.8 Å². The summed E-state index contributed by atoms with van der Waals surface area (Å²) in [6.07, 6.45) is 0. The maximum atomic E-state index is 11.9. The van der Waals surface area contributed by atoms with Crippen LogP contribution in [0.5, 0.6) is 5.75 Å². The monoisotopic (exact) mass is 251 g/mol. The lowest BCUT2D eigenvalue weighted by Gasteiger charge is -2.19. The lowest BCUT2D eigenvalue weighted by atomic mass is 10.0. The van der Waals surface area contributed by atoms with Gasteiger partial charge in [-0.15, -0.1) is 0 Å². The molecule has 1 amide bonds. The maximum Gasteiger partial charge on any atom is 0.328 e. The molecule has 0 aliphatic carbocycles. The van der Waals surface area contributed by atoms with Crippen molar-refractivity contribution in [2.75, 3.05) is 7.11 Å². The number of hydrogen-bond donors (Lipinski definition) is 2. The van der Waals surface area contributed by atoms with Gasteiger partial charge in [0.25, 0.3) is 5.91 Å². The summed E-state index contributed by atoms with van der Waals surface area (Å²) < 4.78 is 4.63. The molecule has 1 rings (SSSR count). The molecule has 5 nitrogen and oxygen atoms in total. The number of ether oxygens (including phenoxy) is 1. The van der Waals surface area contributed by atoms with Crippen LogP contribution in [0.25, 0.3) is 0 Å². The number of amides is 1. The first-order valence-electron chi connectivity index (χ1n) is 5.63. The lowest BCUT2D eigenvalue weighted by Crippen LogP contribution is -2.45. The van der Waals surface area contributed by atoms with Gasteiger partial charge >= 0.3 is 5.97 Å². The van der Waals surface area contributed by atoms with E-state index >= 15 is 0 Å². The summed E-state index contributed by atoms with van der Waals surface area (Å²) in [6.45, 7) is 3.62. The summed E-state index contributed by atoms with van der Waals surface area (Å²) in [5, 5.41) is 11.9. The number of methoxy groups -OCH3 is 1. The third kappa shape index (κ3) is 3.48. The first-order valence-corrected chi connectivity index (χ1v) is 5.63. The van der Waals surface area contributed by atoms with Crippen LogP contribution in [0.15, 0.2) is 24.3 Å². The first kappa shape index (κ1) is 14.0. The Morgan fingerprint density at radius 2 is 2.00 bits per heavy atom. The third-order valence-corrected chi connectivity index (χ3v) is 2.52. The van der Waals surface area contributed by atoms with Gasteiger partial charge in [-0.1, -0.05) is 19.9 Å². The van der Waals surface area contributed by atoms with E-state index in [9.17, 15) is 14.7 Å². The van der Waals surface area contributed by atoms with Crippen LogP contribution in [0.2, 0.25) is 0 Å². The summed E-state index contributed by atoms with van der Waals surface area (Å²) in [5.41, 5.74) is 0.296. The van der Waals surface area contributed by atoms with Crippen LogP contribution >= 0.6 is 0 Å². The summed E-state index contributed by atoms with van der Waals surface area (Å²) in [5.74, 6) is -0.992. The van der Waals surface area contributed by atoms with Gasteiger partial charge in [0.05, 0.1) is 7.11 Å². The molecular weight excluding hydrogens is 234 g/mol. The predicted molar refractivity (Wildman–Crippen MR) is 66.2 cm³/mol. The van der Waals surface area contributed by atoms with E-state index in [1.54, 1.807) is 12.1 Å². The highest BCUT2D eigenvalue weighted by molar-refractivity contribution is 5.97. The van der Waals surface area contributed by atoms with Crippen LogP contribution in [0, 0.1) is 5.92 Å². The zero-order valence-corrected chi connectivity index (χ0v) is 10.6. The minimum Gasteiger partial charge on any atom is -0.508 e. The standard InChI is InChI=1S/C13H17NO4/c1-8(2)11(13(17)18-3)14-12(16)9-5-4-6-10(15)7-9/h4-8,11,15H,1-3H3,(H,14,16). The van der Waals surface area contributed by atoms with Gasteiger partial charge in [0.2, 0.25) is 0 Å². The number of hydrogen-bond acceptors (Lipinski definition) is 4. The highest BCUT2D eigenvalue weighted by Crippen LogP contribution is 2.12. The molecule has 0 heterocycles. The van der Waals surface area contributed by atoms with E-state index in [0.29, 0.717) is 5.56 Å². The zero-order valence-electron chi connectivity index (χ0n) is 10.6. The zero-order chi connectivity index (χ0) is 13.7. The molecule has 2 N–H and O–H groups in total. The highest BCUT2D eigenvalue weighted by atomic mass is 16.5. The smallest absolute Gasteiger partial charge is 0.328 e. The number of aromatic hydroxyl groups is 1. The molecule has 1 aromatic carbocycles. The quantitative estimate of drug-likeness (QED) is 0.791. The number of nitrogens with one attached hydrogen (secondary N) is 1. The molecule has 1 atom stereocenters. The van der Waals surface area contributed by atoms with E-state index in [1.165, 1.54) is 19.2 Å². The summed E-state index contributed by atoms with van der Waals surface area (Å²) in [4.78, 5) is 23.4. The van der Waals surface area contributed by atoms with Gasteiger partial charge in [-0.25, -0.2) is 4.79 Å². The van der Waals surface area contributed by atoms with Gasteiger partial charge in [0.15, 0.2) is 0 Å². The Kier molecular flexibility index (Phi) is 4.71. The molecule has 0 bridgehead atoms. The molecule has 18 heavy (non-hydrogen) atoms. The molecule has 0 fully saturated rings. The summed E-state index contributed by atoms with van der Waals surface area (Å²) in [7, 11) is 1.28. The summed E-state index contributed by atoms with van der Waals surface area (Å²) >= 11 is 0. The van der Waals surface area contributed by atoms with Crippen LogP contribution in [-0.4, -0.2) is 30.1 Å². The van der Waals surface area contributed by atoms with E-state index in [2.05, 4.69) is 10.1 Å². The predicted octanol–water partition coefficient (Wildman–Crippen LogP) is 1.32. The Labute approximate surface area is 106 Å². The normalized spacial score (nSPS) is 12.0. The average molecular weight is 251 g/mol. The Hall–Kier alpha value is -2.04. The minimum absolute atomic E-state index is 0.00168. The number of phenolic OH excluding ortho intramolecular Hbond substituents is 1. The molecule has 1 unspecified atom stereocenters. The van der Waals surface area contributed by atoms with E-state index < -0.39 is 17.9 Å². The number of carbonyl (C=O) groups excluding carboxylic acids is 2. The number of carbonyl (C=O) groups is 2. The van der Waals surface area contributed by atoms with Crippen molar-refractivity contribution in [3.8, 4) is 5.75 Å². The average Bonchev–Trinajstić information content (AvgIpc) is 2.34. The van der Waals surface area contributed by atoms with Crippen molar-refractivity contribution in [1.82, 2.24) is 5.32 Å². The van der Waals surface area contributed by atoms with Gasteiger partial charge in [0, 0.05) is 5.56 Å². The van der Waals surface area contributed by atoms with Crippen molar-refractivity contribution < 1.29 is 19.4 Å². The SMILES string of the molecule is COC(=O)C(NC(=O)c1cccc(O)c1)C(C)C. The van der Waals surface area contributed by atoms with Crippen molar-refractivity contribution in [3.63, 3.8) is 0 Å². The fraction of sp³-hybridized carbons (Fsp3) is 0.385. The molecule has 0 aliphatic rings. The van der Waals surface area contributed by atoms with E-state index in [1.807, 2.05) is 13.8 Å². The highest BCUT2D eigenvalue weighted by Gasteiger charge is 2.25. The number of phenols is 1. The molecule has 98 valence electrons. The number of rotatable bonds is 4. The van der Waals surface area contributed by atoms with Gasteiger partial charge in [-0.3, -0.25) is 4.79 Å².